The quantitative estimate of drug-likeness (QED) is 0.430. The summed E-state index contributed by atoms with van der Waals surface area (Å²) in [5.74, 6) is 0. The molecule has 1 saturated carbocycles. The number of rotatable bonds is 3. The lowest BCUT2D eigenvalue weighted by molar-refractivity contribution is 0.333. The summed E-state index contributed by atoms with van der Waals surface area (Å²) in [5, 5.41) is 4.45. The highest BCUT2D eigenvalue weighted by molar-refractivity contribution is 8.00. The largest absolute Gasteiger partial charge is 0.122 e. The number of benzene rings is 1. The molecule has 0 spiro atoms. The third-order valence-electron chi connectivity index (χ3n) is 3.39. The van der Waals surface area contributed by atoms with E-state index in [2.05, 4.69) is 41.2 Å². The van der Waals surface area contributed by atoms with E-state index in [1.807, 2.05) is 17.8 Å². The van der Waals surface area contributed by atoms with Gasteiger partial charge in [-0.2, -0.15) is 0 Å². The zero-order chi connectivity index (χ0) is 12.1. The molecule has 3 nitrogen and oxygen atoms in total. The van der Waals surface area contributed by atoms with E-state index in [0.29, 0.717) is 5.25 Å². The summed E-state index contributed by atoms with van der Waals surface area (Å²) in [5.41, 5.74) is 8.49. The van der Waals surface area contributed by atoms with Gasteiger partial charge < -0.3 is 0 Å². The fraction of sp³-hybridized carbons (Fsp3) is 0.538. The van der Waals surface area contributed by atoms with Gasteiger partial charge in [0.1, 0.15) is 0 Å². The Morgan fingerprint density at radius 3 is 2.82 bits per heavy atom. The van der Waals surface area contributed by atoms with Crippen LogP contribution in [0.3, 0.4) is 0 Å². The van der Waals surface area contributed by atoms with E-state index in [1.54, 1.807) is 0 Å². The molecule has 17 heavy (non-hydrogen) atoms. The molecular formula is C13H17N3S. The zero-order valence-corrected chi connectivity index (χ0v) is 10.9. The van der Waals surface area contributed by atoms with Gasteiger partial charge >= 0.3 is 0 Å². The number of hydrogen-bond acceptors (Lipinski definition) is 2. The van der Waals surface area contributed by atoms with Gasteiger partial charge in [-0.05, 0) is 30.5 Å². The molecular weight excluding hydrogens is 230 g/mol. The van der Waals surface area contributed by atoms with Crippen molar-refractivity contribution in [2.75, 3.05) is 0 Å². The molecule has 0 N–H and O–H groups in total. The first kappa shape index (κ1) is 12.3. The number of thioether (sulfide) groups is 1. The molecule has 2 atom stereocenters. The molecule has 90 valence electrons. The van der Waals surface area contributed by atoms with Crippen molar-refractivity contribution in [3.05, 3.63) is 40.8 Å². The Labute approximate surface area is 106 Å². The molecule has 0 saturated heterocycles. The van der Waals surface area contributed by atoms with Gasteiger partial charge in [-0.25, -0.2) is 0 Å². The van der Waals surface area contributed by atoms with Gasteiger partial charge in [0.15, 0.2) is 0 Å². The molecule has 4 heteroatoms. The molecule has 0 radical (unpaired) electrons. The van der Waals surface area contributed by atoms with Gasteiger partial charge in [0.25, 0.3) is 0 Å². The highest BCUT2D eigenvalue weighted by atomic mass is 32.2. The smallest absolute Gasteiger partial charge is 0.0582 e. The van der Waals surface area contributed by atoms with Crippen molar-refractivity contribution in [1.82, 2.24) is 0 Å². The van der Waals surface area contributed by atoms with Gasteiger partial charge in [0.05, 0.1) is 5.54 Å². The molecule has 2 unspecified atom stereocenters. The van der Waals surface area contributed by atoms with E-state index in [0.717, 1.165) is 12.8 Å². The minimum absolute atomic E-state index is 0.229. The van der Waals surface area contributed by atoms with Gasteiger partial charge in [-0.1, -0.05) is 43.1 Å². The van der Waals surface area contributed by atoms with Crippen molar-refractivity contribution in [2.45, 2.75) is 48.3 Å². The van der Waals surface area contributed by atoms with Crippen LogP contribution in [0.5, 0.6) is 0 Å². The summed E-state index contributed by atoms with van der Waals surface area (Å²) >= 11 is 1.85. The van der Waals surface area contributed by atoms with Crippen LogP contribution in [-0.2, 0) is 0 Å². The Kier molecular flexibility index (Phi) is 3.97. The summed E-state index contributed by atoms with van der Waals surface area (Å²) < 4.78 is 0. The standard InChI is InChI=1S/C13H17N3S/c1-13(15-16-14)10-6-5-9-12(13)17-11-7-3-2-4-8-11/h2-4,7-8,12H,5-6,9-10H2,1H3. The molecule has 1 aliphatic rings. The molecule has 1 fully saturated rings. The van der Waals surface area contributed by atoms with Crippen molar-refractivity contribution in [2.24, 2.45) is 5.11 Å². The minimum atomic E-state index is -0.229. The van der Waals surface area contributed by atoms with Crippen LogP contribution in [0.1, 0.15) is 32.6 Å². The van der Waals surface area contributed by atoms with E-state index in [9.17, 15) is 0 Å². The van der Waals surface area contributed by atoms with E-state index >= 15 is 0 Å². The number of hydrogen-bond donors (Lipinski definition) is 0. The molecule has 0 heterocycles. The van der Waals surface area contributed by atoms with Crippen molar-refractivity contribution in [1.29, 1.82) is 0 Å². The number of azide groups is 1. The summed E-state index contributed by atoms with van der Waals surface area (Å²) in [4.78, 5) is 4.30. The fourth-order valence-electron chi connectivity index (χ4n) is 2.35. The minimum Gasteiger partial charge on any atom is -0.122 e. The first-order valence-corrected chi connectivity index (χ1v) is 6.90. The first-order chi connectivity index (χ1) is 8.24. The normalized spacial score (nSPS) is 28.4. The Balaban J connectivity index is 2.15. The van der Waals surface area contributed by atoms with E-state index in [1.165, 1.54) is 17.7 Å². The topological polar surface area (TPSA) is 48.8 Å². The van der Waals surface area contributed by atoms with Gasteiger partial charge in [-0.15, -0.1) is 11.8 Å². The van der Waals surface area contributed by atoms with Gasteiger partial charge in [0, 0.05) is 15.1 Å². The second kappa shape index (κ2) is 5.48. The lowest BCUT2D eigenvalue weighted by atomic mass is 9.83. The molecule has 2 rings (SSSR count). The van der Waals surface area contributed by atoms with Crippen LogP contribution in [-0.4, -0.2) is 10.8 Å². The van der Waals surface area contributed by atoms with Crippen molar-refractivity contribution < 1.29 is 0 Å². The third kappa shape index (κ3) is 2.96. The summed E-state index contributed by atoms with van der Waals surface area (Å²) in [7, 11) is 0. The first-order valence-electron chi connectivity index (χ1n) is 6.02. The molecule has 1 aromatic carbocycles. The molecule has 0 amide bonds. The van der Waals surface area contributed by atoms with Crippen LogP contribution < -0.4 is 0 Å². The van der Waals surface area contributed by atoms with Crippen LogP contribution in [0.25, 0.3) is 10.4 Å². The second-order valence-electron chi connectivity index (χ2n) is 4.71. The van der Waals surface area contributed by atoms with Crippen LogP contribution in [0, 0.1) is 0 Å². The average molecular weight is 247 g/mol. The maximum atomic E-state index is 8.72. The highest BCUT2D eigenvalue weighted by Gasteiger charge is 2.36. The van der Waals surface area contributed by atoms with E-state index in [4.69, 9.17) is 5.53 Å². The molecule has 0 aliphatic heterocycles. The Hall–Kier alpha value is -1.12. The van der Waals surface area contributed by atoms with Crippen LogP contribution in [0.4, 0.5) is 0 Å². The summed E-state index contributed by atoms with van der Waals surface area (Å²) in [6, 6.07) is 10.4. The lowest BCUT2D eigenvalue weighted by Gasteiger charge is -2.37. The van der Waals surface area contributed by atoms with E-state index in [-0.39, 0.29) is 5.54 Å². The molecule has 0 aromatic heterocycles. The second-order valence-corrected chi connectivity index (χ2v) is 5.99. The van der Waals surface area contributed by atoms with Crippen LogP contribution in [0.15, 0.2) is 40.3 Å². The number of nitrogens with zero attached hydrogens (tertiary/aromatic N) is 3. The molecule has 1 aromatic rings. The lowest BCUT2D eigenvalue weighted by Crippen LogP contribution is -2.37. The van der Waals surface area contributed by atoms with Crippen LogP contribution in [0.2, 0.25) is 0 Å². The highest BCUT2D eigenvalue weighted by Crippen LogP contribution is 2.42. The molecule has 0 bridgehead atoms. The predicted octanol–water partition coefficient (Wildman–Crippen LogP) is 4.79. The Morgan fingerprint density at radius 2 is 2.12 bits per heavy atom. The van der Waals surface area contributed by atoms with Crippen molar-refractivity contribution in [3.8, 4) is 0 Å². The van der Waals surface area contributed by atoms with E-state index < -0.39 is 0 Å². The predicted molar refractivity (Wildman–Crippen MR) is 72.1 cm³/mol. The SMILES string of the molecule is CC1(N=[N+]=[N-])CCCCC1Sc1ccccc1. The Morgan fingerprint density at radius 1 is 1.35 bits per heavy atom. The Bertz CT molecular complexity index is 414. The summed E-state index contributed by atoms with van der Waals surface area (Å²) in [6.45, 7) is 2.09. The van der Waals surface area contributed by atoms with Crippen molar-refractivity contribution >= 4 is 11.8 Å². The maximum absolute atomic E-state index is 8.72. The summed E-state index contributed by atoms with van der Waals surface area (Å²) in [6.07, 6.45) is 4.54. The molecule has 1 aliphatic carbocycles. The maximum Gasteiger partial charge on any atom is 0.0582 e. The van der Waals surface area contributed by atoms with Gasteiger partial charge in [-0.3, -0.25) is 0 Å². The monoisotopic (exact) mass is 247 g/mol. The third-order valence-corrected chi connectivity index (χ3v) is 4.96. The van der Waals surface area contributed by atoms with Crippen molar-refractivity contribution in [3.63, 3.8) is 0 Å². The zero-order valence-electron chi connectivity index (χ0n) is 10.0. The van der Waals surface area contributed by atoms with Gasteiger partial charge in [0.2, 0.25) is 0 Å². The average Bonchev–Trinajstić information content (AvgIpc) is 2.34. The van der Waals surface area contributed by atoms with Crippen LogP contribution >= 0.6 is 11.8 Å². The fourth-order valence-corrected chi connectivity index (χ4v) is 3.70.